The van der Waals surface area contributed by atoms with Gasteiger partial charge in [0.05, 0.1) is 22.4 Å². The second kappa shape index (κ2) is 4.99. The first kappa shape index (κ1) is 13.5. The van der Waals surface area contributed by atoms with Crippen LogP contribution in [0.25, 0.3) is 0 Å². The van der Waals surface area contributed by atoms with Crippen LogP contribution in [0.3, 0.4) is 0 Å². The third-order valence-corrected chi connectivity index (χ3v) is 5.00. The highest BCUT2D eigenvalue weighted by Crippen LogP contribution is 2.24. The highest BCUT2D eigenvalue weighted by Gasteiger charge is 2.35. The van der Waals surface area contributed by atoms with Gasteiger partial charge in [0.1, 0.15) is 0 Å². The van der Waals surface area contributed by atoms with Crippen molar-refractivity contribution in [2.24, 2.45) is 5.92 Å². The Morgan fingerprint density at radius 1 is 1.37 bits per heavy atom. The van der Waals surface area contributed by atoms with Crippen LogP contribution in [-0.4, -0.2) is 36.9 Å². The number of hydrogen-bond donors (Lipinski definition) is 1. The normalized spacial score (nSPS) is 20.1. The van der Waals surface area contributed by atoms with E-state index in [0.717, 1.165) is 0 Å². The summed E-state index contributed by atoms with van der Waals surface area (Å²) in [6.07, 6.45) is 0.324. The molecule has 0 aromatic heterocycles. The number of sulfonamides is 1. The Hall–Kier alpha value is -1.91. The molecule has 1 saturated heterocycles. The predicted molar refractivity (Wildman–Crippen MR) is 65.7 cm³/mol. The third kappa shape index (κ3) is 2.59. The molecule has 1 N–H and O–H groups in total. The maximum atomic E-state index is 12.3. The predicted octanol–water partition coefficient (Wildman–Crippen LogP) is 0.653. The van der Waals surface area contributed by atoms with Gasteiger partial charge in [0.25, 0.3) is 0 Å². The molecule has 1 aromatic rings. The van der Waals surface area contributed by atoms with E-state index in [0.29, 0.717) is 12.0 Å². The maximum Gasteiger partial charge on any atom is 0.307 e. The summed E-state index contributed by atoms with van der Waals surface area (Å²) in [5.41, 5.74) is 0.379. The van der Waals surface area contributed by atoms with E-state index in [1.807, 2.05) is 6.07 Å². The van der Waals surface area contributed by atoms with Gasteiger partial charge in [0, 0.05) is 13.1 Å². The van der Waals surface area contributed by atoms with E-state index in [1.54, 1.807) is 0 Å². The fourth-order valence-corrected chi connectivity index (χ4v) is 3.50. The molecule has 0 bridgehead atoms. The summed E-state index contributed by atoms with van der Waals surface area (Å²) >= 11 is 0. The van der Waals surface area contributed by atoms with Gasteiger partial charge < -0.3 is 5.11 Å². The van der Waals surface area contributed by atoms with Gasteiger partial charge in [0.15, 0.2) is 0 Å². The average Bonchev–Trinajstić information content (AvgIpc) is 2.89. The van der Waals surface area contributed by atoms with Crippen molar-refractivity contribution in [1.82, 2.24) is 4.31 Å². The molecule has 1 heterocycles. The third-order valence-electron chi connectivity index (χ3n) is 3.12. The van der Waals surface area contributed by atoms with Crippen molar-refractivity contribution in [3.63, 3.8) is 0 Å². The molecule has 100 valence electrons. The van der Waals surface area contributed by atoms with E-state index in [1.165, 1.54) is 28.6 Å². The van der Waals surface area contributed by atoms with Crippen molar-refractivity contribution in [3.8, 4) is 6.07 Å². The summed E-state index contributed by atoms with van der Waals surface area (Å²) in [5.74, 6) is -1.62. The van der Waals surface area contributed by atoms with E-state index >= 15 is 0 Å². The molecular formula is C12H12N2O4S. The fourth-order valence-electron chi connectivity index (χ4n) is 2.00. The smallest absolute Gasteiger partial charge is 0.307 e. The number of carbonyl (C=O) groups is 1. The van der Waals surface area contributed by atoms with Crippen molar-refractivity contribution >= 4 is 16.0 Å². The minimum Gasteiger partial charge on any atom is -0.481 e. The van der Waals surface area contributed by atoms with Crippen molar-refractivity contribution in [2.75, 3.05) is 13.1 Å². The lowest BCUT2D eigenvalue weighted by Gasteiger charge is -2.15. The van der Waals surface area contributed by atoms with Crippen LogP contribution < -0.4 is 0 Å². The van der Waals surface area contributed by atoms with Crippen molar-refractivity contribution < 1.29 is 18.3 Å². The number of benzene rings is 1. The first-order valence-corrected chi connectivity index (χ1v) is 7.12. The Morgan fingerprint density at radius 3 is 2.47 bits per heavy atom. The van der Waals surface area contributed by atoms with Gasteiger partial charge in [-0.25, -0.2) is 8.42 Å². The summed E-state index contributed by atoms with van der Waals surface area (Å²) in [7, 11) is -3.67. The van der Waals surface area contributed by atoms with E-state index in [4.69, 9.17) is 10.4 Å². The van der Waals surface area contributed by atoms with Crippen LogP contribution in [0.4, 0.5) is 0 Å². The first-order valence-electron chi connectivity index (χ1n) is 5.68. The molecule has 6 nitrogen and oxygen atoms in total. The van der Waals surface area contributed by atoms with Crippen LogP contribution in [-0.2, 0) is 14.8 Å². The number of hydrogen-bond acceptors (Lipinski definition) is 4. The van der Waals surface area contributed by atoms with Gasteiger partial charge in [-0.3, -0.25) is 4.79 Å². The number of aliphatic carboxylic acids is 1. The summed E-state index contributed by atoms with van der Waals surface area (Å²) < 4.78 is 25.7. The van der Waals surface area contributed by atoms with Crippen LogP contribution in [0, 0.1) is 17.2 Å². The van der Waals surface area contributed by atoms with Crippen molar-refractivity contribution in [1.29, 1.82) is 5.26 Å². The zero-order valence-corrected chi connectivity index (χ0v) is 10.8. The minimum atomic E-state index is -3.67. The monoisotopic (exact) mass is 280 g/mol. The largest absolute Gasteiger partial charge is 0.481 e. The van der Waals surface area contributed by atoms with Crippen molar-refractivity contribution in [3.05, 3.63) is 29.8 Å². The number of carboxylic acids is 1. The standard InChI is InChI=1S/C12H12N2O4S/c13-7-9-1-3-11(4-2-9)19(17,18)14-6-5-10(8-14)12(15)16/h1-4,10H,5-6,8H2,(H,15,16)/t10-/m1/s1. The first-order chi connectivity index (χ1) is 8.95. The molecule has 2 rings (SSSR count). The Morgan fingerprint density at radius 2 is 2.00 bits per heavy atom. The summed E-state index contributed by atoms with van der Waals surface area (Å²) in [6.45, 7) is 0.205. The SMILES string of the molecule is N#Cc1ccc(S(=O)(=O)N2CC[C@@H](C(=O)O)C2)cc1. The fraction of sp³-hybridized carbons (Fsp3) is 0.333. The average molecular weight is 280 g/mol. The Labute approximate surface area is 110 Å². The van der Waals surface area contributed by atoms with Gasteiger partial charge >= 0.3 is 5.97 Å². The molecule has 1 aromatic carbocycles. The van der Waals surface area contributed by atoms with Crippen molar-refractivity contribution in [2.45, 2.75) is 11.3 Å². The zero-order chi connectivity index (χ0) is 14.0. The van der Waals surface area contributed by atoms with E-state index in [-0.39, 0.29) is 18.0 Å². The highest BCUT2D eigenvalue weighted by molar-refractivity contribution is 7.89. The Balaban J connectivity index is 2.23. The summed E-state index contributed by atoms with van der Waals surface area (Å²) in [4.78, 5) is 10.9. The van der Waals surface area contributed by atoms with E-state index in [9.17, 15) is 13.2 Å². The topological polar surface area (TPSA) is 98.5 Å². The number of nitriles is 1. The maximum absolute atomic E-state index is 12.3. The lowest BCUT2D eigenvalue weighted by atomic mass is 10.1. The van der Waals surface area contributed by atoms with Crippen LogP contribution >= 0.6 is 0 Å². The van der Waals surface area contributed by atoms with Gasteiger partial charge in [-0.05, 0) is 30.7 Å². The molecule has 7 heteroatoms. The van der Waals surface area contributed by atoms with Crippen LogP contribution in [0.5, 0.6) is 0 Å². The number of nitrogens with zero attached hydrogens (tertiary/aromatic N) is 2. The Bertz CT molecular complexity index is 631. The van der Waals surface area contributed by atoms with Crippen LogP contribution in [0.1, 0.15) is 12.0 Å². The molecular weight excluding hydrogens is 268 g/mol. The molecule has 1 aliphatic heterocycles. The van der Waals surface area contributed by atoms with Gasteiger partial charge in [0.2, 0.25) is 10.0 Å². The molecule has 0 saturated carbocycles. The molecule has 0 amide bonds. The summed E-state index contributed by atoms with van der Waals surface area (Å²) in [5, 5.41) is 17.5. The van der Waals surface area contributed by atoms with E-state index in [2.05, 4.69) is 0 Å². The summed E-state index contributed by atoms with van der Waals surface area (Å²) in [6, 6.07) is 7.49. The second-order valence-electron chi connectivity index (χ2n) is 4.32. The van der Waals surface area contributed by atoms with Crippen LogP contribution in [0.2, 0.25) is 0 Å². The van der Waals surface area contributed by atoms with E-state index < -0.39 is 21.9 Å². The molecule has 0 radical (unpaired) electrons. The minimum absolute atomic E-state index is 0.00231. The molecule has 0 aliphatic carbocycles. The molecule has 1 aliphatic rings. The van der Waals surface area contributed by atoms with Gasteiger partial charge in [-0.2, -0.15) is 9.57 Å². The molecule has 1 fully saturated rings. The zero-order valence-electron chi connectivity index (χ0n) is 9.98. The molecule has 0 spiro atoms. The van der Waals surface area contributed by atoms with Crippen LogP contribution in [0.15, 0.2) is 29.2 Å². The van der Waals surface area contributed by atoms with Gasteiger partial charge in [-0.1, -0.05) is 0 Å². The van der Waals surface area contributed by atoms with Gasteiger partial charge in [-0.15, -0.1) is 0 Å². The lowest BCUT2D eigenvalue weighted by Crippen LogP contribution is -2.30. The number of rotatable bonds is 3. The Kier molecular flexibility index (Phi) is 3.55. The quantitative estimate of drug-likeness (QED) is 0.876. The highest BCUT2D eigenvalue weighted by atomic mass is 32.2. The number of carboxylic acid groups (broad SMARTS) is 1. The molecule has 19 heavy (non-hydrogen) atoms. The second-order valence-corrected chi connectivity index (χ2v) is 6.26. The molecule has 0 unspecified atom stereocenters. The lowest BCUT2D eigenvalue weighted by molar-refractivity contribution is -0.141. The molecule has 1 atom stereocenters.